The van der Waals surface area contributed by atoms with Gasteiger partial charge in [-0.05, 0) is 18.2 Å². The molecule has 0 saturated heterocycles. The summed E-state index contributed by atoms with van der Waals surface area (Å²) >= 11 is 0. The maximum Gasteiger partial charge on any atom is 0.289 e. The molecule has 1 amide bonds. The van der Waals surface area contributed by atoms with Gasteiger partial charge in [0.2, 0.25) is 0 Å². The summed E-state index contributed by atoms with van der Waals surface area (Å²) in [7, 11) is 1.61. The van der Waals surface area contributed by atoms with E-state index < -0.39 is 0 Å². The van der Waals surface area contributed by atoms with Crippen LogP contribution in [0.5, 0.6) is 0 Å². The largest absolute Gasteiger partial charge is 0.472 e. The molecule has 5 heteroatoms. The van der Waals surface area contributed by atoms with E-state index >= 15 is 0 Å². The summed E-state index contributed by atoms with van der Waals surface area (Å²) in [6, 6.07) is 11.2. The van der Waals surface area contributed by atoms with E-state index in [1.165, 1.54) is 0 Å². The summed E-state index contributed by atoms with van der Waals surface area (Å²) in [5, 5.41) is 0.917. The highest BCUT2D eigenvalue weighted by Crippen LogP contribution is 2.20. The minimum absolute atomic E-state index is 0.158. The van der Waals surface area contributed by atoms with Crippen molar-refractivity contribution in [2.24, 2.45) is 0 Å². The van der Waals surface area contributed by atoms with Crippen molar-refractivity contribution in [2.75, 3.05) is 20.3 Å². The van der Waals surface area contributed by atoms with Crippen LogP contribution < -0.4 is 0 Å². The zero-order chi connectivity index (χ0) is 15.4. The van der Waals surface area contributed by atoms with Crippen molar-refractivity contribution in [3.63, 3.8) is 0 Å². The van der Waals surface area contributed by atoms with E-state index in [0.717, 1.165) is 10.9 Å². The van der Waals surface area contributed by atoms with Gasteiger partial charge in [0.15, 0.2) is 5.76 Å². The van der Waals surface area contributed by atoms with Gasteiger partial charge in [-0.25, -0.2) is 0 Å². The minimum Gasteiger partial charge on any atom is -0.472 e. The Bertz CT molecular complexity index is 712. The van der Waals surface area contributed by atoms with Gasteiger partial charge in [0.1, 0.15) is 5.58 Å². The number of hydrogen-bond donors (Lipinski definition) is 0. The smallest absolute Gasteiger partial charge is 0.289 e. The lowest BCUT2D eigenvalue weighted by Gasteiger charge is -2.20. The van der Waals surface area contributed by atoms with Crippen LogP contribution in [0.15, 0.2) is 57.8 Å². The minimum atomic E-state index is -0.158. The Balaban J connectivity index is 1.83. The molecule has 114 valence electrons. The van der Waals surface area contributed by atoms with E-state index in [9.17, 15) is 4.79 Å². The SMILES string of the molecule is COCCN(Cc1ccoc1)C(=O)c1cc2ccccc2o1. The molecular weight excluding hydrogens is 282 g/mol. The van der Waals surface area contributed by atoms with Crippen LogP contribution in [0.2, 0.25) is 0 Å². The molecule has 0 unspecified atom stereocenters. The highest BCUT2D eigenvalue weighted by molar-refractivity contribution is 5.96. The molecule has 0 N–H and O–H groups in total. The first-order valence-corrected chi connectivity index (χ1v) is 7.06. The quantitative estimate of drug-likeness (QED) is 0.700. The highest BCUT2D eigenvalue weighted by Gasteiger charge is 2.20. The van der Waals surface area contributed by atoms with Crippen LogP contribution in [-0.2, 0) is 11.3 Å². The van der Waals surface area contributed by atoms with Gasteiger partial charge in [-0.2, -0.15) is 0 Å². The Morgan fingerprint density at radius 3 is 2.86 bits per heavy atom. The number of carbonyl (C=O) groups is 1. The molecule has 2 aromatic heterocycles. The molecule has 0 aliphatic carbocycles. The van der Waals surface area contributed by atoms with E-state index in [-0.39, 0.29) is 5.91 Å². The Morgan fingerprint density at radius 1 is 1.27 bits per heavy atom. The maximum atomic E-state index is 12.7. The zero-order valence-electron chi connectivity index (χ0n) is 12.3. The molecule has 0 aliphatic rings. The normalized spacial score (nSPS) is 11.0. The number of furan rings is 2. The van der Waals surface area contributed by atoms with Gasteiger partial charge in [-0.3, -0.25) is 4.79 Å². The second-order valence-electron chi connectivity index (χ2n) is 5.00. The van der Waals surface area contributed by atoms with Crippen LogP contribution in [0.25, 0.3) is 11.0 Å². The van der Waals surface area contributed by atoms with Gasteiger partial charge < -0.3 is 18.5 Å². The number of benzene rings is 1. The third-order valence-electron chi connectivity index (χ3n) is 3.44. The zero-order valence-corrected chi connectivity index (χ0v) is 12.3. The molecule has 0 fully saturated rings. The molecule has 2 heterocycles. The number of rotatable bonds is 6. The summed E-state index contributed by atoms with van der Waals surface area (Å²) in [6.45, 7) is 1.40. The van der Waals surface area contributed by atoms with Crippen LogP contribution in [-0.4, -0.2) is 31.1 Å². The molecule has 3 rings (SSSR count). The van der Waals surface area contributed by atoms with Crippen molar-refractivity contribution in [2.45, 2.75) is 6.54 Å². The Labute approximate surface area is 128 Å². The summed E-state index contributed by atoms with van der Waals surface area (Å²) in [5.41, 5.74) is 1.64. The third kappa shape index (κ3) is 3.04. The molecule has 3 aromatic rings. The first-order valence-electron chi connectivity index (χ1n) is 7.06. The lowest BCUT2D eigenvalue weighted by Crippen LogP contribution is -2.33. The fraction of sp³-hybridized carbons (Fsp3) is 0.235. The fourth-order valence-corrected chi connectivity index (χ4v) is 2.30. The van der Waals surface area contributed by atoms with Crippen molar-refractivity contribution in [3.05, 3.63) is 60.2 Å². The lowest BCUT2D eigenvalue weighted by molar-refractivity contribution is 0.0651. The fourth-order valence-electron chi connectivity index (χ4n) is 2.30. The first-order chi connectivity index (χ1) is 10.8. The van der Waals surface area contributed by atoms with E-state index in [4.69, 9.17) is 13.6 Å². The van der Waals surface area contributed by atoms with E-state index in [0.29, 0.717) is 31.0 Å². The van der Waals surface area contributed by atoms with Crippen molar-refractivity contribution >= 4 is 16.9 Å². The van der Waals surface area contributed by atoms with E-state index in [1.54, 1.807) is 30.6 Å². The summed E-state index contributed by atoms with van der Waals surface area (Å²) in [4.78, 5) is 14.4. The van der Waals surface area contributed by atoms with Crippen LogP contribution in [0.3, 0.4) is 0 Å². The molecule has 0 spiro atoms. The molecule has 0 saturated carbocycles. The van der Waals surface area contributed by atoms with Crippen molar-refractivity contribution < 1.29 is 18.4 Å². The Hall–Kier alpha value is -2.53. The van der Waals surface area contributed by atoms with E-state index in [2.05, 4.69) is 0 Å². The number of methoxy groups -OCH3 is 1. The van der Waals surface area contributed by atoms with Crippen molar-refractivity contribution in [1.82, 2.24) is 4.90 Å². The van der Waals surface area contributed by atoms with Crippen LogP contribution in [0, 0.1) is 0 Å². The molecular formula is C17H17NO4. The maximum absolute atomic E-state index is 12.7. The molecule has 22 heavy (non-hydrogen) atoms. The van der Waals surface area contributed by atoms with Gasteiger partial charge in [0, 0.05) is 31.1 Å². The second-order valence-corrected chi connectivity index (χ2v) is 5.00. The number of ether oxygens (including phenoxy) is 1. The van der Waals surface area contributed by atoms with Gasteiger partial charge in [0.05, 0.1) is 19.1 Å². The average Bonchev–Trinajstić information content (AvgIpc) is 3.19. The first kappa shape index (κ1) is 14.4. The van der Waals surface area contributed by atoms with Gasteiger partial charge in [-0.15, -0.1) is 0 Å². The molecule has 0 radical (unpaired) electrons. The summed E-state index contributed by atoms with van der Waals surface area (Å²) in [6.07, 6.45) is 3.22. The topological polar surface area (TPSA) is 55.8 Å². The van der Waals surface area contributed by atoms with Gasteiger partial charge >= 0.3 is 0 Å². The Kier molecular flexibility index (Phi) is 4.25. The molecule has 0 atom stereocenters. The number of nitrogens with zero attached hydrogens (tertiary/aromatic N) is 1. The van der Waals surface area contributed by atoms with Crippen LogP contribution in [0.4, 0.5) is 0 Å². The number of fused-ring (bicyclic) bond motifs is 1. The van der Waals surface area contributed by atoms with Crippen LogP contribution in [0.1, 0.15) is 16.1 Å². The number of hydrogen-bond acceptors (Lipinski definition) is 4. The molecule has 0 bridgehead atoms. The summed E-state index contributed by atoms with van der Waals surface area (Å²) < 4.78 is 15.8. The number of para-hydroxylation sites is 1. The number of carbonyl (C=O) groups excluding carboxylic acids is 1. The molecule has 5 nitrogen and oxygen atoms in total. The predicted octanol–water partition coefficient (Wildman–Crippen LogP) is 3.31. The standard InChI is InChI=1S/C17H17NO4/c1-20-9-7-18(11-13-6-8-21-12-13)17(19)16-10-14-4-2-3-5-15(14)22-16/h2-6,8,10,12H,7,9,11H2,1H3. The highest BCUT2D eigenvalue weighted by atomic mass is 16.5. The van der Waals surface area contributed by atoms with Gasteiger partial charge in [0.25, 0.3) is 5.91 Å². The lowest BCUT2D eigenvalue weighted by atomic mass is 10.2. The Morgan fingerprint density at radius 2 is 2.14 bits per heavy atom. The summed E-state index contributed by atoms with van der Waals surface area (Å²) in [5.74, 6) is 0.176. The van der Waals surface area contributed by atoms with Gasteiger partial charge in [-0.1, -0.05) is 18.2 Å². The monoisotopic (exact) mass is 299 g/mol. The van der Waals surface area contributed by atoms with E-state index in [1.807, 2.05) is 30.3 Å². The second kappa shape index (κ2) is 6.49. The number of amides is 1. The molecule has 0 aliphatic heterocycles. The van der Waals surface area contributed by atoms with Crippen LogP contribution >= 0.6 is 0 Å². The predicted molar refractivity (Wildman–Crippen MR) is 81.5 cm³/mol. The van der Waals surface area contributed by atoms with Crippen molar-refractivity contribution in [3.8, 4) is 0 Å². The molecule has 1 aromatic carbocycles. The third-order valence-corrected chi connectivity index (χ3v) is 3.44. The van der Waals surface area contributed by atoms with Crippen molar-refractivity contribution in [1.29, 1.82) is 0 Å². The average molecular weight is 299 g/mol.